The smallest absolute Gasteiger partial charge is 0.272 e. The molecule has 6 heteroatoms. The summed E-state index contributed by atoms with van der Waals surface area (Å²) in [6.07, 6.45) is 3.12. The minimum atomic E-state index is -0.336. The first-order valence-corrected chi connectivity index (χ1v) is 8.66. The van der Waals surface area contributed by atoms with Crippen molar-refractivity contribution in [1.29, 1.82) is 0 Å². The molecule has 2 aromatic heterocycles. The first kappa shape index (κ1) is 17.5. The van der Waals surface area contributed by atoms with E-state index in [9.17, 15) is 4.79 Å². The normalized spacial score (nSPS) is 11.0. The lowest BCUT2D eigenvalue weighted by molar-refractivity contribution is 0.0956. The van der Waals surface area contributed by atoms with Crippen molar-refractivity contribution in [1.82, 2.24) is 10.4 Å². The van der Waals surface area contributed by atoms with Crippen LogP contribution >= 0.6 is 0 Å². The fourth-order valence-electron chi connectivity index (χ4n) is 2.91. The highest BCUT2D eigenvalue weighted by Gasteiger charge is 2.14. The van der Waals surface area contributed by atoms with Crippen molar-refractivity contribution in [3.8, 4) is 17.2 Å². The van der Waals surface area contributed by atoms with Crippen LogP contribution in [0.2, 0.25) is 0 Å². The summed E-state index contributed by atoms with van der Waals surface area (Å²) in [5.74, 6) is 0.935. The molecule has 0 aliphatic rings. The van der Waals surface area contributed by atoms with Gasteiger partial charge in [0.2, 0.25) is 0 Å². The van der Waals surface area contributed by atoms with E-state index in [1.54, 1.807) is 37.8 Å². The van der Waals surface area contributed by atoms with Crippen molar-refractivity contribution in [2.45, 2.75) is 0 Å². The quantitative estimate of drug-likeness (QED) is 0.420. The number of methoxy groups -OCH3 is 1. The van der Waals surface area contributed by atoms with Crippen LogP contribution in [0.15, 0.2) is 82.5 Å². The Labute approximate surface area is 161 Å². The van der Waals surface area contributed by atoms with Gasteiger partial charge in [0.1, 0.15) is 11.4 Å². The maximum absolute atomic E-state index is 12.8. The zero-order chi connectivity index (χ0) is 19.3. The Bertz CT molecular complexity index is 1150. The Morgan fingerprint density at radius 2 is 1.93 bits per heavy atom. The molecule has 1 amide bonds. The minimum absolute atomic E-state index is 0.336. The number of hydrazone groups is 1. The van der Waals surface area contributed by atoms with E-state index in [4.69, 9.17) is 9.15 Å². The van der Waals surface area contributed by atoms with Gasteiger partial charge in [0, 0.05) is 10.9 Å². The number of carbonyl (C=O) groups is 1. The average Bonchev–Trinajstić information content (AvgIpc) is 3.28. The molecule has 0 fully saturated rings. The highest BCUT2D eigenvalue weighted by Crippen LogP contribution is 2.25. The standard InChI is InChI=1S/C22H17N3O3/c1-27-20-10-5-2-7-15(20)14-23-25-22(26)17-13-19(21-11-6-12-28-21)24-18-9-4-3-8-16(17)18/h2-14H,1H3,(H,25,26)/b23-14-. The monoisotopic (exact) mass is 371 g/mol. The van der Waals surface area contributed by atoms with Gasteiger partial charge in [0.25, 0.3) is 5.91 Å². The summed E-state index contributed by atoms with van der Waals surface area (Å²) in [5.41, 5.74) is 5.10. The maximum atomic E-state index is 12.8. The van der Waals surface area contributed by atoms with E-state index in [2.05, 4.69) is 15.5 Å². The van der Waals surface area contributed by atoms with Crippen LogP contribution in [0.5, 0.6) is 5.75 Å². The Kier molecular flexibility index (Phi) is 4.84. The number of hydrogen-bond acceptors (Lipinski definition) is 5. The van der Waals surface area contributed by atoms with Gasteiger partial charge in [-0.25, -0.2) is 10.4 Å². The van der Waals surface area contributed by atoms with Crippen molar-refractivity contribution >= 4 is 23.0 Å². The summed E-state index contributed by atoms with van der Waals surface area (Å²) < 4.78 is 10.7. The van der Waals surface area contributed by atoms with Crippen molar-refractivity contribution in [2.24, 2.45) is 5.10 Å². The molecule has 138 valence electrons. The lowest BCUT2D eigenvalue weighted by atomic mass is 10.1. The fourth-order valence-corrected chi connectivity index (χ4v) is 2.91. The summed E-state index contributed by atoms with van der Waals surface area (Å²) in [5, 5.41) is 4.82. The average molecular weight is 371 g/mol. The van der Waals surface area contributed by atoms with Crippen LogP contribution in [0.4, 0.5) is 0 Å². The molecule has 1 N–H and O–H groups in total. The molecule has 0 spiro atoms. The Balaban J connectivity index is 1.66. The predicted octanol–water partition coefficient (Wildman–Crippen LogP) is 4.27. The Morgan fingerprint density at radius 1 is 1.11 bits per heavy atom. The second kappa shape index (κ2) is 7.75. The van der Waals surface area contributed by atoms with E-state index in [0.717, 1.165) is 10.9 Å². The van der Waals surface area contributed by atoms with Gasteiger partial charge in [-0.2, -0.15) is 5.10 Å². The molecule has 0 aliphatic heterocycles. The van der Waals surface area contributed by atoms with Crippen LogP contribution < -0.4 is 10.2 Å². The van der Waals surface area contributed by atoms with E-state index in [1.165, 1.54) is 0 Å². The highest BCUT2D eigenvalue weighted by atomic mass is 16.5. The van der Waals surface area contributed by atoms with Gasteiger partial charge in [-0.15, -0.1) is 0 Å². The van der Waals surface area contributed by atoms with Crippen molar-refractivity contribution in [2.75, 3.05) is 7.11 Å². The van der Waals surface area contributed by atoms with Crippen molar-refractivity contribution < 1.29 is 13.9 Å². The molecular formula is C22H17N3O3. The van der Waals surface area contributed by atoms with Gasteiger partial charge < -0.3 is 9.15 Å². The third-order valence-electron chi connectivity index (χ3n) is 4.24. The van der Waals surface area contributed by atoms with Crippen molar-refractivity contribution in [3.05, 3.63) is 84.1 Å². The number of hydrogen-bond donors (Lipinski definition) is 1. The van der Waals surface area contributed by atoms with E-state index >= 15 is 0 Å². The first-order chi connectivity index (χ1) is 13.8. The lowest BCUT2D eigenvalue weighted by Gasteiger charge is -2.08. The predicted molar refractivity (Wildman–Crippen MR) is 107 cm³/mol. The summed E-state index contributed by atoms with van der Waals surface area (Å²) in [6, 6.07) is 20.2. The van der Waals surface area contributed by atoms with Gasteiger partial charge in [0.15, 0.2) is 5.76 Å². The molecule has 0 bridgehead atoms. The van der Waals surface area contributed by atoms with Crippen molar-refractivity contribution in [3.63, 3.8) is 0 Å². The van der Waals surface area contributed by atoms with E-state index in [-0.39, 0.29) is 5.91 Å². The van der Waals surface area contributed by atoms with Gasteiger partial charge in [-0.05, 0) is 36.4 Å². The Hall–Kier alpha value is -3.93. The molecular weight excluding hydrogens is 354 g/mol. The first-order valence-electron chi connectivity index (χ1n) is 8.66. The number of ether oxygens (including phenoxy) is 1. The second-order valence-electron chi connectivity index (χ2n) is 5.99. The summed E-state index contributed by atoms with van der Waals surface area (Å²) in [4.78, 5) is 17.4. The van der Waals surface area contributed by atoms with Gasteiger partial charge in [-0.3, -0.25) is 4.79 Å². The van der Waals surface area contributed by atoms with E-state index < -0.39 is 0 Å². The molecule has 0 atom stereocenters. The van der Waals surface area contributed by atoms with Crippen LogP contribution in [-0.4, -0.2) is 24.2 Å². The van der Waals surface area contributed by atoms with Gasteiger partial charge in [0.05, 0.1) is 30.7 Å². The third-order valence-corrected chi connectivity index (χ3v) is 4.24. The number of carbonyl (C=O) groups excluding carboxylic acids is 1. The van der Waals surface area contributed by atoms with E-state index in [0.29, 0.717) is 28.3 Å². The van der Waals surface area contributed by atoms with Crippen LogP contribution in [0.1, 0.15) is 15.9 Å². The Morgan fingerprint density at radius 3 is 2.75 bits per heavy atom. The number of rotatable bonds is 5. The number of furan rings is 1. The molecule has 4 rings (SSSR count). The largest absolute Gasteiger partial charge is 0.496 e. The number of pyridine rings is 1. The van der Waals surface area contributed by atoms with Crippen LogP contribution in [0.3, 0.4) is 0 Å². The molecule has 0 radical (unpaired) electrons. The zero-order valence-corrected chi connectivity index (χ0v) is 15.1. The molecule has 0 aliphatic carbocycles. The number of nitrogens with zero attached hydrogens (tertiary/aromatic N) is 2. The summed E-state index contributed by atoms with van der Waals surface area (Å²) >= 11 is 0. The zero-order valence-electron chi connectivity index (χ0n) is 15.1. The highest BCUT2D eigenvalue weighted by molar-refractivity contribution is 6.07. The molecule has 6 nitrogen and oxygen atoms in total. The summed E-state index contributed by atoms with van der Waals surface area (Å²) in [7, 11) is 1.59. The molecule has 2 heterocycles. The molecule has 0 saturated heterocycles. The molecule has 4 aromatic rings. The number of amides is 1. The molecule has 0 unspecified atom stereocenters. The maximum Gasteiger partial charge on any atom is 0.272 e. The van der Waals surface area contributed by atoms with Crippen LogP contribution in [0.25, 0.3) is 22.4 Å². The van der Waals surface area contributed by atoms with Gasteiger partial charge in [-0.1, -0.05) is 30.3 Å². The number of aromatic nitrogens is 1. The second-order valence-corrected chi connectivity index (χ2v) is 5.99. The molecule has 0 saturated carbocycles. The van der Waals surface area contributed by atoms with Gasteiger partial charge >= 0.3 is 0 Å². The minimum Gasteiger partial charge on any atom is -0.496 e. The number of nitrogens with one attached hydrogen (secondary N) is 1. The molecule has 2 aromatic carbocycles. The number of benzene rings is 2. The number of para-hydroxylation sites is 2. The summed E-state index contributed by atoms with van der Waals surface area (Å²) in [6.45, 7) is 0. The topological polar surface area (TPSA) is 76.7 Å². The van der Waals surface area contributed by atoms with Crippen LogP contribution in [-0.2, 0) is 0 Å². The van der Waals surface area contributed by atoms with E-state index in [1.807, 2.05) is 48.5 Å². The van der Waals surface area contributed by atoms with Crippen LogP contribution in [0, 0.1) is 0 Å². The fraction of sp³-hybridized carbons (Fsp3) is 0.0455. The molecule has 28 heavy (non-hydrogen) atoms. The SMILES string of the molecule is COc1ccccc1/C=N\NC(=O)c1cc(-c2ccco2)nc2ccccc12. The number of fused-ring (bicyclic) bond motifs is 1. The lowest BCUT2D eigenvalue weighted by Crippen LogP contribution is -2.18. The third kappa shape index (κ3) is 3.48.